The summed E-state index contributed by atoms with van der Waals surface area (Å²) in [4.78, 5) is 0. The third-order valence-electron chi connectivity index (χ3n) is 3.01. The Bertz CT molecular complexity index is 335. The minimum absolute atomic E-state index is 0.791. The minimum atomic E-state index is 0.791. The third-order valence-corrected chi connectivity index (χ3v) is 3.87. The summed E-state index contributed by atoms with van der Waals surface area (Å²) in [5, 5.41) is 3.24. The van der Waals surface area contributed by atoms with Crippen LogP contribution in [0, 0.1) is 12.8 Å². The normalized spacial score (nSPS) is 25.1. The zero-order valence-electron chi connectivity index (χ0n) is 8.68. The van der Waals surface area contributed by atoms with Gasteiger partial charge in [-0.05, 0) is 56.0 Å². The van der Waals surface area contributed by atoms with E-state index in [1.165, 1.54) is 22.0 Å². The highest BCUT2D eigenvalue weighted by atomic mass is 79.9. The summed E-state index contributed by atoms with van der Waals surface area (Å²) in [6.45, 7) is 3.28. The van der Waals surface area contributed by atoms with Crippen LogP contribution in [0.3, 0.4) is 0 Å². The highest BCUT2D eigenvalue weighted by Gasteiger charge is 2.37. The van der Waals surface area contributed by atoms with E-state index in [9.17, 15) is 0 Å². The molecule has 2 unspecified atom stereocenters. The Hall–Kier alpha value is -0.340. The largest absolute Gasteiger partial charge is 0.319 e. The van der Waals surface area contributed by atoms with Crippen LogP contribution in [0.15, 0.2) is 22.7 Å². The number of hydrogen-bond donors (Lipinski definition) is 1. The molecule has 1 nitrogen and oxygen atoms in total. The molecule has 1 fully saturated rings. The Balaban J connectivity index is 2.08. The fourth-order valence-electron chi connectivity index (χ4n) is 1.98. The maximum Gasteiger partial charge on any atom is 0.0207 e. The molecule has 2 rings (SSSR count). The molecule has 1 aromatic carbocycles. The first-order valence-electron chi connectivity index (χ1n) is 5.13. The molecule has 0 aromatic heterocycles. The van der Waals surface area contributed by atoms with Gasteiger partial charge < -0.3 is 5.32 Å². The Morgan fingerprint density at radius 2 is 2.29 bits per heavy atom. The van der Waals surface area contributed by atoms with Crippen molar-refractivity contribution in [3.05, 3.63) is 33.8 Å². The van der Waals surface area contributed by atoms with E-state index in [1.807, 2.05) is 7.05 Å². The van der Waals surface area contributed by atoms with Gasteiger partial charge in [-0.3, -0.25) is 0 Å². The van der Waals surface area contributed by atoms with Crippen LogP contribution in [0.2, 0.25) is 0 Å². The average molecular weight is 254 g/mol. The Labute approximate surface area is 94.0 Å². The van der Waals surface area contributed by atoms with E-state index in [2.05, 4.69) is 46.4 Å². The zero-order valence-corrected chi connectivity index (χ0v) is 10.3. The molecule has 0 bridgehead atoms. The fourth-order valence-corrected chi connectivity index (χ4v) is 2.38. The molecule has 14 heavy (non-hydrogen) atoms. The van der Waals surface area contributed by atoms with Crippen LogP contribution < -0.4 is 5.32 Å². The molecular formula is C12H16BrN. The lowest BCUT2D eigenvalue weighted by Gasteiger charge is -2.03. The van der Waals surface area contributed by atoms with Gasteiger partial charge in [0, 0.05) is 4.47 Å². The molecule has 1 aliphatic carbocycles. The molecule has 0 amide bonds. The molecule has 0 spiro atoms. The SMILES string of the molecule is CNCC1CC1c1ccc(C)c(Br)c1. The van der Waals surface area contributed by atoms with Gasteiger partial charge in [-0.15, -0.1) is 0 Å². The fraction of sp³-hybridized carbons (Fsp3) is 0.500. The summed E-state index contributed by atoms with van der Waals surface area (Å²) >= 11 is 3.59. The van der Waals surface area contributed by atoms with Crippen LogP contribution in [0.4, 0.5) is 0 Å². The van der Waals surface area contributed by atoms with E-state index in [0.717, 1.165) is 18.4 Å². The molecule has 2 heteroatoms. The molecule has 1 saturated carbocycles. The Morgan fingerprint density at radius 1 is 1.50 bits per heavy atom. The van der Waals surface area contributed by atoms with Gasteiger partial charge in [-0.25, -0.2) is 0 Å². The van der Waals surface area contributed by atoms with Gasteiger partial charge in [0.25, 0.3) is 0 Å². The summed E-state index contributed by atoms with van der Waals surface area (Å²) < 4.78 is 1.24. The van der Waals surface area contributed by atoms with Crippen molar-refractivity contribution in [1.82, 2.24) is 5.32 Å². The number of rotatable bonds is 3. The molecule has 1 aliphatic rings. The highest BCUT2D eigenvalue weighted by Crippen LogP contribution is 2.47. The number of aryl methyl sites for hydroxylation is 1. The second kappa shape index (κ2) is 4.03. The first-order chi connectivity index (χ1) is 6.72. The molecule has 1 N–H and O–H groups in total. The van der Waals surface area contributed by atoms with E-state index in [-0.39, 0.29) is 0 Å². The lowest BCUT2D eigenvalue weighted by atomic mass is 10.1. The summed E-state index contributed by atoms with van der Waals surface area (Å²) in [5.41, 5.74) is 2.81. The van der Waals surface area contributed by atoms with Crippen molar-refractivity contribution in [2.75, 3.05) is 13.6 Å². The zero-order chi connectivity index (χ0) is 10.1. The van der Waals surface area contributed by atoms with Crippen molar-refractivity contribution in [2.45, 2.75) is 19.3 Å². The predicted molar refractivity (Wildman–Crippen MR) is 63.7 cm³/mol. The first kappa shape index (κ1) is 10.2. The summed E-state index contributed by atoms with van der Waals surface area (Å²) in [7, 11) is 2.03. The maximum absolute atomic E-state index is 3.59. The quantitative estimate of drug-likeness (QED) is 0.874. The smallest absolute Gasteiger partial charge is 0.0207 e. The van der Waals surface area contributed by atoms with Crippen molar-refractivity contribution in [3.63, 3.8) is 0 Å². The van der Waals surface area contributed by atoms with Gasteiger partial charge in [0.2, 0.25) is 0 Å². The topological polar surface area (TPSA) is 12.0 Å². The molecule has 0 aliphatic heterocycles. The van der Waals surface area contributed by atoms with Gasteiger partial charge in [-0.1, -0.05) is 28.1 Å². The van der Waals surface area contributed by atoms with Crippen LogP contribution in [0.1, 0.15) is 23.5 Å². The molecule has 76 valence electrons. The summed E-state index contributed by atoms with van der Waals surface area (Å²) in [6, 6.07) is 6.74. The number of halogens is 1. The van der Waals surface area contributed by atoms with E-state index in [1.54, 1.807) is 0 Å². The summed E-state index contributed by atoms with van der Waals surface area (Å²) in [6.07, 6.45) is 1.34. The standard InChI is InChI=1S/C12H16BrN/c1-8-3-4-9(6-12(8)13)11-5-10(11)7-14-2/h3-4,6,10-11,14H,5,7H2,1-2H3. The van der Waals surface area contributed by atoms with Crippen molar-refractivity contribution >= 4 is 15.9 Å². The Kier molecular flexibility index (Phi) is 2.93. The van der Waals surface area contributed by atoms with Gasteiger partial charge in [-0.2, -0.15) is 0 Å². The van der Waals surface area contributed by atoms with Gasteiger partial charge in [0.15, 0.2) is 0 Å². The van der Waals surface area contributed by atoms with Crippen molar-refractivity contribution < 1.29 is 0 Å². The van der Waals surface area contributed by atoms with Gasteiger partial charge >= 0.3 is 0 Å². The number of hydrogen-bond acceptors (Lipinski definition) is 1. The number of nitrogens with one attached hydrogen (secondary N) is 1. The van der Waals surface area contributed by atoms with Crippen LogP contribution in [0.5, 0.6) is 0 Å². The highest BCUT2D eigenvalue weighted by molar-refractivity contribution is 9.10. The predicted octanol–water partition coefficient (Wildman–Crippen LogP) is 3.08. The third kappa shape index (κ3) is 2.01. The second-order valence-corrected chi connectivity index (χ2v) is 5.02. The monoisotopic (exact) mass is 253 g/mol. The molecule has 0 radical (unpaired) electrons. The molecule has 0 heterocycles. The lowest BCUT2D eigenvalue weighted by Crippen LogP contribution is -2.10. The first-order valence-corrected chi connectivity index (χ1v) is 5.92. The number of benzene rings is 1. The molecule has 0 saturated heterocycles. The lowest BCUT2D eigenvalue weighted by molar-refractivity contribution is 0.698. The van der Waals surface area contributed by atoms with Crippen LogP contribution in [0.25, 0.3) is 0 Å². The van der Waals surface area contributed by atoms with Crippen molar-refractivity contribution in [1.29, 1.82) is 0 Å². The second-order valence-electron chi connectivity index (χ2n) is 4.17. The van der Waals surface area contributed by atoms with Gasteiger partial charge in [0.1, 0.15) is 0 Å². The minimum Gasteiger partial charge on any atom is -0.319 e. The van der Waals surface area contributed by atoms with Crippen LogP contribution >= 0.6 is 15.9 Å². The van der Waals surface area contributed by atoms with E-state index < -0.39 is 0 Å². The molecule has 2 atom stereocenters. The molecular weight excluding hydrogens is 238 g/mol. The van der Waals surface area contributed by atoms with Gasteiger partial charge in [0.05, 0.1) is 0 Å². The van der Waals surface area contributed by atoms with E-state index in [4.69, 9.17) is 0 Å². The van der Waals surface area contributed by atoms with E-state index >= 15 is 0 Å². The van der Waals surface area contributed by atoms with Crippen molar-refractivity contribution in [3.8, 4) is 0 Å². The maximum atomic E-state index is 3.59. The Morgan fingerprint density at radius 3 is 2.93 bits per heavy atom. The van der Waals surface area contributed by atoms with E-state index in [0.29, 0.717) is 0 Å². The van der Waals surface area contributed by atoms with Crippen LogP contribution in [-0.4, -0.2) is 13.6 Å². The average Bonchev–Trinajstić information content (AvgIpc) is 2.90. The molecule has 1 aromatic rings. The van der Waals surface area contributed by atoms with Crippen LogP contribution in [-0.2, 0) is 0 Å². The van der Waals surface area contributed by atoms with Crippen molar-refractivity contribution in [2.24, 2.45) is 5.92 Å². The summed E-state index contributed by atoms with van der Waals surface area (Å²) in [5.74, 6) is 1.65.